The minimum Gasteiger partial charge on any atom is -0.309 e. The van der Waals surface area contributed by atoms with Gasteiger partial charge in [-0.05, 0) is 112 Å². The van der Waals surface area contributed by atoms with Gasteiger partial charge in [-0.2, -0.15) is 0 Å². The molecule has 0 unspecified atom stereocenters. The van der Waals surface area contributed by atoms with Crippen molar-refractivity contribution >= 4 is 120 Å². The fourth-order valence-corrected chi connectivity index (χ4v) is 13.8. The molecule has 0 fully saturated rings. The molecule has 0 aliphatic rings. The zero-order valence-corrected chi connectivity index (χ0v) is 44.7. The minimum absolute atomic E-state index is 1.17. The average Bonchev–Trinajstić information content (AvgIpc) is 2.87. The van der Waals surface area contributed by atoms with E-state index in [1.807, 2.05) is 0 Å². The van der Waals surface area contributed by atoms with Crippen molar-refractivity contribution in [1.82, 2.24) is 18.3 Å². The highest BCUT2D eigenvalue weighted by molar-refractivity contribution is 6.39. The number of rotatable bonds is 5. The van der Waals surface area contributed by atoms with E-state index in [2.05, 4.69) is 322 Å². The van der Waals surface area contributed by atoms with E-state index in [1.54, 1.807) is 0 Å². The highest BCUT2D eigenvalue weighted by Crippen LogP contribution is 2.49. The van der Waals surface area contributed by atoms with Crippen LogP contribution in [0.5, 0.6) is 0 Å². The lowest BCUT2D eigenvalue weighted by Gasteiger charge is -2.12. The fraction of sp³-hybridized carbons (Fsp3) is 0. The summed E-state index contributed by atoms with van der Waals surface area (Å²) in [5.41, 5.74) is 17.0. The zero-order valence-electron chi connectivity index (χ0n) is 44.7. The Morgan fingerprint density at radius 1 is 0.171 bits per heavy atom. The van der Waals surface area contributed by atoms with Gasteiger partial charge in [0.2, 0.25) is 0 Å². The summed E-state index contributed by atoms with van der Waals surface area (Å²) in [4.78, 5) is 0. The van der Waals surface area contributed by atoms with E-state index in [1.165, 1.54) is 153 Å². The van der Waals surface area contributed by atoms with E-state index >= 15 is 0 Å². The number of fused-ring (bicyclic) bond motifs is 21. The molecule has 0 atom stereocenters. The molecule has 4 heterocycles. The quantitative estimate of drug-likeness (QED) is 0.164. The fourth-order valence-electron chi connectivity index (χ4n) is 13.8. The third-order valence-corrected chi connectivity index (χ3v) is 17.1. The van der Waals surface area contributed by atoms with Crippen LogP contribution >= 0.6 is 0 Å². The first-order valence-corrected chi connectivity index (χ1v) is 28.3. The Bertz CT molecular complexity index is 5550. The van der Waals surface area contributed by atoms with Crippen molar-refractivity contribution in [2.24, 2.45) is 0 Å². The molecule has 0 saturated carbocycles. The molecular formula is C78H50N4. The highest BCUT2D eigenvalue weighted by atomic mass is 15.0. The number of nitrogens with zero attached hydrogens (tertiary/aromatic N) is 4. The Labute approximate surface area is 472 Å². The summed E-state index contributed by atoms with van der Waals surface area (Å²) in [6, 6.07) is 110. The van der Waals surface area contributed by atoms with Crippen molar-refractivity contribution in [2.75, 3.05) is 0 Å². The Hall–Kier alpha value is -10.9. The summed E-state index contributed by atoms with van der Waals surface area (Å²) in [5.74, 6) is 0. The first-order valence-electron chi connectivity index (χ1n) is 28.3. The smallest absolute Gasteiger partial charge is 0.0648 e. The third-order valence-electron chi connectivity index (χ3n) is 17.1. The molecule has 4 aromatic heterocycles. The Balaban J connectivity index is 0.000000130. The maximum Gasteiger partial charge on any atom is 0.0648 e. The molecule has 18 rings (SSSR count). The predicted molar refractivity (Wildman–Crippen MR) is 348 cm³/mol. The largest absolute Gasteiger partial charge is 0.309 e. The normalized spacial score (nSPS) is 11.9. The van der Waals surface area contributed by atoms with Crippen LogP contribution < -0.4 is 0 Å². The summed E-state index contributed by atoms with van der Waals surface area (Å²) in [6.45, 7) is 0. The van der Waals surface area contributed by atoms with Crippen LogP contribution in [0.25, 0.3) is 153 Å². The maximum absolute atomic E-state index is 2.49. The van der Waals surface area contributed by atoms with Crippen LogP contribution in [0.1, 0.15) is 0 Å². The number of hydrogen-bond acceptors (Lipinski definition) is 0. The lowest BCUT2D eigenvalue weighted by molar-refractivity contribution is 1.17. The second-order valence-corrected chi connectivity index (χ2v) is 21.5. The van der Waals surface area contributed by atoms with Gasteiger partial charge in [-0.3, -0.25) is 0 Å². The van der Waals surface area contributed by atoms with Gasteiger partial charge in [-0.15, -0.1) is 0 Å². The molecule has 18 aromatic rings. The molecular weight excluding hydrogens is 993 g/mol. The molecule has 0 bridgehead atoms. The lowest BCUT2D eigenvalue weighted by Crippen LogP contribution is -1.96. The van der Waals surface area contributed by atoms with E-state index in [-0.39, 0.29) is 0 Å². The second-order valence-electron chi connectivity index (χ2n) is 21.5. The Morgan fingerprint density at radius 2 is 0.573 bits per heavy atom. The number of para-hydroxylation sites is 5. The van der Waals surface area contributed by atoms with Gasteiger partial charge in [0, 0.05) is 76.6 Å². The predicted octanol–water partition coefficient (Wildman–Crippen LogP) is 20.9. The average molecular weight is 1040 g/mol. The van der Waals surface area contributed by atoms with E-state index in [9.17, 15) is 0 Å². The minimum atomic E-state index is 1.17. The second kappa shape index (κ2) is 18.3. The standard InChI is InChI=1S/C40H26N2.C38H24N2/c1-3-12-27(13-4-1)29-15-11-18-31(26-29)42-37-25-24-36-38(39(37)34-23-22-28-14-7-8-19-32(28)40(34)42)33-20-9-10-21-35(33)41(36)30-16-5-2-6-17-30;1-3-14-26(15-4-1)39-32-22-12-11-21-31(32)36-37(39)30-20-10-9-19-29(30)35-34-28-18-8-7-13-25(28)23-24-33(34)40(38(35)36)27-16-5-2-6-17-27/h1-26H;1-24H. The van der Waals surface area contributed by atoms with Crippen molar-refractivity contribution < 1.29 is 0 Å². The van der Waals surface area contributed by atoms with Gasteiger partial charge in [-0.25, -0.2) is 0 Å². The zero-order chi connectivity index (χ0) is 53.8. The molecule has 4 heteroatoms. The molecule has 0 amide bonds. The van der Waals surface area contributed by atoms with Gasteiger partial charge in [0.25, 0.3) is 0 Å². The van der Waals surface area contributed by atoms with Gasteiger partial charge in [0.05, 0.1) is 44.1 Å². The van der Waals surface area contributed by atoms with Crippen LogP contribution in [-0.4, -0.2) is 18.3 Å². The maximum atomic E-state index is 2.49. The van der Waals surface area contributed by atoms with Gasteiger partial charge in [0.15, 0.2) is 0 Å². The van der Waals surface area contributed by atoms with Crippen LogP contribution in [0, 0.1) is 0 Å². The molecule has 0 aliphatic heterocycles. The van der Waals surface area contributed by atoms with Crippen LogP contribution in [0.4, 0.5) is 0 Å². The topological polar surface area (TPSA) is 19.7 Å². The first-order chi connectivity index (χ1) is 40.8. The van der Waals surface area contributed by atoms with E-state index in [0.29, 0.717) is 0 Å². The molecule has 0 spiro atoms. The number of aromatic nitrogens is 4. The van der Waals surface area contributed by atoms with Crippen molar-refractivity contribution in [2.45, 2.75) is 0 Å². The van der Waals surface area contributed by atoms with Crippen LogP contribution in [0.15, 0.2) is 303 Å². The number of hydrogen-bond donors (Lipinski definition) is 0. The SMILES string of the molecule is c1ccc(-c2cccc(-n3c4ccc5c(c6ccccc6n5-c5ccccc5)c4c4ccc5ccccc5c43)c2)cc1.c1ccc(-n2c3ccccc3c3c2c2ccccc2c2c4c5ccccc5ccc4n(-c4ccccc4)c23)cc1. The third kappa shape index (κ3) is 6.79. The summed E-state index contributed by atoms with van der Waals surface area (Å²) in [5, 5.41) is 17.9. The molecule has 14 aromatic carbocycles. The van der Waals surface area contributed by atoms with Gasteiger partial charge in [-0.1, -0.05) is 224 Å². The summed E-state index contributed by atoms with van der Waals surface area (Å²) >= 11 is 0. The molecule has 4 nitrogen and oxygen atoms in total. The monoisotopic (exact) mass is 1040 g/mol. The molecule has 0 N–H and O–H groups in total. The molecule has 0 saturated heterocycles. The lowest BCUT2D eigenvalue weighted by atomic mass is 9.97. The number of benzene rings is 14. The Kier molecular flexibility index (Phi) is 10.3. The molecule has 0 radical (unpaired) electrons. The molecule has 0 aliphatic carbocycles. The van der Waals surface area contributed by atoms with Crippen LogP contribution in [0.2, 0.25) is 0 Å². The van der Waals surface area contributed by atoms with Crippen molar-refractivity contribution in [3.63, 3.8) is 0 Å². The van der Waals surface area contributed by atoms with Crippen LogP contribution in [0.3, 0.4) is 0 Å². The van der Waals surface area contributed by atoms with Gasteiger partial charge in [0.1, 0.15) is 0 Å². The van der Waals surface area contributed by atoms with Crippen molar-refractivity contribution in [3.05, 3.63) is 303 Å². The van der Waals surface area contributed by atoms with E-state index in [4.69, 9.17) is 0 Å². The molecule has 82 heavy (non-hydrogen) atoms. The Morgan fingerprint density at radius 3 is 1.23 bits per heavy atom. The highest BCUT2D eigenvalue weighted by Gasteiger charge is 2.26. The van der Waals surface area contributed by atoms with Gasteiger partial charge >= 0.3 is 0 Å². The van der Waals surface area contributed by atoms with Gasteiger partial charge < -0.3 is 18.3 Å². The summed E-state index contributed by atoms with van der Waals surface area (Å²) in [7, 11) is 0. The summed E-state index contributed by atoms with van der Waals surface area (Å²) in [6.07, 6.45) is 0. The van der Waals surface area contributed by atoms with E-state index in [0.717, 1.165) is 0 Å². The van der Waals surface area contributed by atoms with E-state index < -0.39 is 0 Å². The van der Waals surface area contributed by atoms with Crippen LogP contribution in [-0.2, 0) is 0 Å². The molecule has 382 valence electrons. The first kappa shape index (κ1) is 46.0. The summed E-state index contributed by atoms with van der Waals surface area (Å²) < 4.78 is 9.84. The van der Waals surface area contributed by atoms with Crippen molar-refractivity contribution in [1.29, 1.82) is 0 Å². The van der Waals surface area contributed by atoms with Crippen molar-refractivity contribution in [3.8, 4) is 33.9 Å².